The van der Waals surface area contributed by atoms with Crippen molar-refractivity contribution < 1.29 is 19.4 Å². The smallest absolute Gasteiger partial charge is 0.350 e. The standard InChI is InChI=1S/C24H35NO2.C3H2N2O2S2/c1-4-5-6-7-8-9-10-11-18-25-21-14-12-20(13-15-21)23-19-22(26-2)16-17-24(23)27-3;6-3(7)1-2(8)4-5-9-1/h12-17,19,25H,4-11,18H2,1-3H3;8H,(H,6,7). The number of aromatic nitrogens is 2. The number of methoxy groups -OCH3 is 2. The molecule has 0 amide bonds. The lowest BCUT2D eigenvalue weighted by Gasteiger charge is -2.12. The number of nitrogens with zero attached hydrogens (tertiary/aromatic N) is 2. The van der Waals surface area contributed by atoms with Gasteiger partial charge in [0.25, 0.3) is 0 Å². The predicted molar refractivity (Wildman–Crippen MR) is 150 cm³/mol. The number of nitrogens with one attached hydrogen (secondary N) is 1. The van der Waals surface area contributed by atoms with Crippen LogP contribution in [-0.2, 0) is 0 Å². The van der Waals surface area contributed by atoms with Crippen LogP contribution in [0.1, 0.15) is 68.0 Å². The summed E-state index contributed by atoms with van der Waals surface area (Å²) >= 11 is 4.56. The van der Waals surface area contributed by atoms with Crippen LogP contribution in [0.25, 0.3) is 11.1 Å². The van der Waals surface area contributed by atoms with Crippen LogP contribution in [-0.4, -0.2) is 41.4 Å². The van der Waals surface area contributed by atoms with Crippen LogP contribution in [0.3, 0.4) is 0 Å². The summed E-state index contributed by atoms with van der Waals surface area (Å²) in [7, 11) is 3.38. The summed E-state index contributed by atoms with van der Waals surface area (Å²) in [5.74, 6) is 0.660. The number of carboxylic acids is 1. The topological polar surface area (TPSA) is 93.6 Å². The minimum absolute atomic E-state index is 0.0818. The second-order valence-electron chi connectivity index (χ2n) is 8.28. The number of unbranched alkanes of at least 4 members (excludes halogenated alkanes) is 7. The lowest BCUT2D eigenvalue weighted by Crippen LogP contribution is -2.01. The van der Waals surface area contributed by atoms with E-state index in [2.05, 4.69) is 58.7 Å². The number of ether oxygens (including phenoxy) is 2. The number of carboxylic acid groups (broad SMARTS) is 1. The van der Waals surface area contributed by atoms with Crippen LogP contribution in [0.5, 0.6) is 11.5 Å². The number of hydrogen-bond acceptors (Lipinski definition) is 8. The van der Waals surface area contributed by atoms with Crippen LogP contribution < -0.4 is 14.8 Å². The zero-order valence-electron chi connectivity index (χ0n) is 21.3. The van der Waals surface area contributed by atoms with E-state index in [1.165, 1.54) is 57.1 Å². The minimum Gasteiger partial charge on any atom is -0.497 e. The summed E-state index contributed by atoms with van der Waals surface area (Å²) in [6, 6.07) is 14.4. The Hall–Kier alpha value is -2.78. The van der Waals surface area contributed by atoms with E-state index in [-0.39, 0.29) is 9.90 Å². The Morgan fingerprint density at radius 2 is 1.64 bits per heavy atom. The molecule has 0 fully saturated rings. The number of hydrogen-bond donors (Lipinski definition) is 3. The second kappa shape index (κ2) is 16.8. The SMILES string of the molecule is CCCCCCCCCCNc1ccc(-c2cc(OC)ccc2OC)cc1.O=C(O)c1snnc1S. The molecule has 0 spiro atoms. The maximum absolute atomic E-state index is 10.2. The minimum atomic E-state index is -1.03. The van der Waals surface area contributed by atoms with Crippen LogP contribution in [0.15, 0.2) is 47.5 Å². The molecule has 0 aliphatic carbocycles. The van der Waals surface area contributed by atoms with Crippen LogP contribution in [0.4, 0.5) is 5.69 Å². The molecule has 0 saturated heterocycles. The lowest BCUT2D eigenvalue weighted by atomic mass is 10.0. The monoisotopic (exact) mass is 531 g/mol. The summed E-state index contributed by atoms with van der Waals surface area (Å²) in [4.78, 5) is 10.2. The van der Waals surface area contributed by atoms with Gasteiger partial charge < -0.3 is 19.9 Å². The fraction of sp³-hybridized carbons (Fsp3) is 0.444. The third kappa shape index (κ3) is 10.1. The van der Waals surface area contributed by atoms with Gasteiger partial charge in [-0.2, -0.15) is 0 Å². The fourth-order valence-electron chi connectivity index (χ4n) is 3.62. The van der Waals surface area contributed by atoms with Gasteiger partial charge in [-0.15, -0.1) is 17.7 Å². The van der Waals surface area contributed by atoms with Gasteiger partial charge in [-0.3, -0.25) is 0 Å². The molecular formula is C27H37N3O4S2. The van der Waals surface area contributed by atoms with E-state index < -0.39 is 5.97 Å². The highest BCUT2D eigenvalue weighted by molar-refractivity contribution is 7.80. The number of anilines is 1. The molecule has 3 aromatic rings. The Morgan fingerprint density at radius 3 is 2.17 bits per heavy atom. The molecule has 1 aromatic heterocycles. The lowest BCUT2D eigenvalue weighted by molar-refractivity contribution is 0.0698. The zero-order chi connectivity index (χ0) is 26.2. The molecule has 2 aromatic carbocycles. The highest BCUT2D eigenvalue weighted by Gasteiger charge is 2.10. The second-order valence-corrected chi connectivity index (χ2v) is 9.45. The average molecular weight is 532 g/mol. The maximum atomic E-state index is 10.2. The molecule has 9 heteroatoms. The van der Waals surface area contributed by atoms with Crippen LogP contribution >= 0.6 is 24.2 Å². The first-order valence-corrected chi connectivity index (χ1v) is 13.5. The van der Waals surface area contributed by atoms with Gasteiger partial charge in [0.1, 0.15) is 16.5 Å². The highest BCUT2D eigenvalue weighted by atomic mass is 32.1. The summed E-state index contributed by atoms with van der Waals surface area (Å²) in [6.07, 6.45) is 10.8. The van der Waals surface area contributed by atoms with Crippen molar-refractivity contribution in [1.82, 2.24) is 9.59 Å². The fourth-order valence-corrected chi connectivity index (χ4v) is 4.35. The molecule has 36 heavy (non-hydrogen) atoms. The van der Waals surface area contributed by atoms with Crippen molar-refractivity contribution in [1.29, 1.82) is 0 Å². The molecule has 0 saturated carbocycles. The Morgan fingerprint density at radius 1 is 0.972 bits per heavy atom. The van der Waals surface area contributed by atoms with Gasteiger partial charge >= 0.3 is 5.97 Å². The molecule has 0 unspecified atom stereocenters. The molecule has 1 heterocycles. The van der Waals surface area contributed by atoms with Crippen molar-refractivity contribution in [3.05, 3.63) is 47.3 Å². The Bertz CT molecular complexity index is 1040. The van der Waals surface area contributed by atoms with Gasteiger partial charge in [0.05, 0.1) is 14.2 Å². The molecule has 7 nitrogen and oxygen atoms in total. The van der Waals surface area contributed by atoms with Crippen molar-refractivity contribution >= 4 is 35.8 Å². The van der Waals surface area contributed by atoms with Gasteiger partial charge in [0, 0.05) is 17.8 Å². The molecule has 0 radical (unpaired) electrons. The molecular weight excluding hydrogens is 494 g/mol. The summed E-state index contributed by atoms with van der Waals surface area (Å²) in [6.45, 7) is 3.31. The first kappa shape index (κ1) is 29.5. The third-order valence-corrected chi connectivity index (χ3v) is 6.81. The molecule has 196 valence electrons. The van der Waals surface area contributed by atoms with E-state index in [1.54, 1.807) is 14.2 Å². The quantitative estimate of drug-likeness (QED) is 0.147. The zero-order valence-corrected chi connectivity index (χ0v) is 23.0. The van der Waals surface area contributed by atoms with E-state index in [9.17, 15) is 4.79 Å². The molecule has 0 aliphatic heterocycles. The third-order valence-electron chi connectivity index (χ3n) is 5.63. The Labute approximate surface area is 223 Å². The molecule has 0 bridgehead atoms. The van der Waals surface area contributed by atoms with Gasteiger partial charge in [0.15, 0.2) is 4.88 Å². The van der Waals surface area contributed by atoms with E-state index in [0.29, 0.717) is 0 Å². The van der Waals surface area contributed by atoms with E-state index in [4.69, 9.17) is 14.6 Å². The average Bonchev–Trinajstić information content (AvgIpc) is 3.34. The largest absolute Gasteiger partial charge is 0.497 e. The Kier molecular flexibility index (Phi) is 13.8. The van der Waals surface area contributed by atoms with E-state index in [0.717, 1.165) is 40.7 Å². The number of thiol groups is 1. The van der Waals surface area contributed by atoms with E-state index in [1.807, 2.05) is 18.2 Å². The Balaban J connectivity index is 0.000000425. The van der Waals surface area contributed by atoms with Crippen molar-refractivity contribution in [3.63, 3.8) is 0 Å². The number of rotatable bonds is 14. The van der Waals surface area contributed by atoms with E-state index >= 15 is 0 Å². The number of aromatic carboxylic acids is 1. The molecule has 0 aliphatic rings. The van der Waals surface area contributed by atoms with Crippen LogP contribution in [0.2, 0.25) is 0 Å². The maximum Gasteiger partial charge on any atom is 0.350 e. The highest BCUT2D eigenvalue weighted by Crippen LogP contribution is 2.33. The van der Waals surface area contributed by atoms with Gasteiger partial charge in [-0.1, -0.05) is 68.5 Å². The number of carbonyl (C=O) groups is 1. The van der Waals surface area contributed by atoms with Crippen LogP contribution in [0, 0.1) is 0 Å². The van der Waals surface area contributed by atoms with Gasteiger partial charge in [-0.25, -0.2) is 4.79 Å². The molecule has 0 atom stereocenters. The van der Waals surface area contributed by atoms with Gasteiger partial charge in [-0.05, 0) is 53.8 Å². The number of benzene rings is 2. The summed E-state index contributed by atoms with van der Waals surface area (Å²) < 4.78 is 14.2. The predicted octanol–water partition coefficient (Wildman–Crippen LogP) is 7.45. The van der Waals surface area contributed by atoms with Gasteiger partial charge in [0.2, 0.25) is 0 Å². The van der Waals surface area contributed by atoms with Crippen molar-refractivity contribution in [2.75, 3.05) is 26.1 Å². The normalized spacial score (nSPS) is 10.3. The van der Waals surface area contributed by atoms with Crippen molar-refractivity contribution in [3.8, 4) is 22.6 Å². The summed E-state index contributed by atoms with van der Waals surface area (Å²) in [5.41, 5.74) is 3.35. The first-order valence-electron chi connectivity index (χ1n) is 12.3. The molecule has 3 rings (SSSR count). The summed E-state index contributed by atoms with van der Waals surface area (Å²) in [5, 5.41) is 15.4. The van der Waals surface area contributed by atoms with Crippen molar-refractivity contribution in [2.45, 2.75) is 63.3 Å². The van der Waals surface area contributed by atoms with Crippen molar-refractivity contribution in [2.24, 2.45) is 0 Å². The first-order chi connectivity index (χ1) is 17.5. The molecule has 2 N–H and O–H groups in total.